The molecule has 2 amide bonds. The monoisotopic (exact) mass is 326 g/mol. The van der Waals surface area contributed by atoms with E-state index in [2.05, 4.69) is 19.2 Å². The molecule has 1 aliphatic carbocycles. The van der Waals surface area contributed by atoms with E-state index in [9.17, 15) is 14.7 Å². The lowest BCUT2D eigenvalue weighted by Crippen LogP contribution is -2.54. The molecule has 1 unspecified atom stereocenters. The smallest absolute Gasteiger partial charge is 0.317 e. The van der Waals surface area contributed by atoms with Gasteiger partial charge in [0.25, 0.3) is 0 Å². The van der Waals surface area contributed by atoms with Gasteiger partial charge in [-0.3, -0.25) is 4.79 Å². The molecule has 23 heavy (non-hydrogen) atoms. The molecule has 2 rings (SSSR count). The molecule has 0 aromatic heterocycles. The molecule has 1 heterocycles. The number of hydrogen-bond donors (Lipinski definition) is 3. The van der Waals surface area contributed by atoms with Gasteiger partial charge in [0, 0.05) is 24.5 Å². The Morgan fingerprint density at radius 2 is 1.91 bits per heavy atom. The molecule has 1 atom stereocenters. The van der Waals surface area contributed by atoms with Crippen LogP contribution in [0, 0.1) is 17.3 Å². The normalized spacial score (nSPS) is 31.9. The van der Waals surface area contributed by atoms with Crippen molar-refractivity contribution in [3.63, 3.8) is 0 Å². The summed E-state index contributed by atoms with van der Waals surface area (Å²) in [5.41, 5.74) is -0.198. The zero-order chi connectivity index (χ0) is 17.0. The fourth-order valence-electron chi connectivity index (χ4n) is 3.87. The molecule has 1 saturated heterocycles. The number of aliphatic hydroxyl groups excluding tert-OH is 1. The Labute approximate surface area is 138 Å². The maximum absolute atomic E-state index is 12.5. The second-order valence-corrected chi connectivity index (χ2v) is 7.54. The second-order valence-electron chi connectivity index (χ2n) is 7.54. The third kappa shape index (κ3) is 4.16. The van der Waals surface area contributed by atoms with Crippen molar-refractivity contribution in [1.29, 1.82) is 0 Å². The molecule has 0 bridgehead atoms. The summed E-state index contributed by atoms with van der Waals surface area (Å²) >= 11 is 0. The lowest BCUT2D eigenvalue weighted by Gasteiger charge is -2.45. The Morgan fingerprint density at radius 1 is 1.26 bits per heavy atom. The molecule has 0 radical (unpaired) electrons. The molecule has 2 fully saturated rings. The van der Waals surface area contributed by atoms with E-state index in [-0.39, 0.29) is 30.0 Å². The Hall–Kier alpha value is -1.30. The summed E-state index contributed by atoms with van der Waals surface area (Å²) in [5.74, 6) is -0.661. The minimum atomic E-state index is -0.726. The van der Waals surface area contributed by atoms with Crippen molar-refractivity contribution >= 4 is 12.0 Å². The van der Waals surface area contributed by atoms with E-state index in [1.54, 1.807) is 0 Å². The lowest BCUT2D eigenvalue weighted by atomic mass is 9.72. The van der Waals surface area contributed by atoms with Gasteiger partial charge in [0.15, 0.2) is 0 Å². The first-order valence-corrected chi connectivity index (χ1v) is 8.77. The molecule has 6 nitrogen and oxygen atoms in total. The predicted octanol–water partition coefficient (Wildman–Crippen LogP) is 2.07. The molecule has 0 aromatic rings. The van der Waals surface area contributed by atoms with Crippen LogP contribution >= 0.6 is 0 Å². The molecule has 0 spiro atoms. The first-order chi connectivity index (χ1) is 10.9. The number of aliphatic carboxylic acids is 1. The SMILES string of the molecule is CC(C)C1(CO)CCCN(C(=O)NC2CCC(C(=O)O)CC2)C1. The van der Waals surface area contributed by atoms with Crippen LogP contribution in [0.4, 0.5) is 4.79 Å². The third-order valence-corrected chi connectivity index (χ3v) is 5.84. The maximum Gasteiger partial charge on any atom is 0.317 e. The Kier molecular flexibility index (Phi) is 5.89. The number of carboxylic acids is 1. The number of amides is 2. The van der Waals surface area contributed by atoms with E-state index < -0.39 is 5.97 Å². The summed E-state index contributed by atoms with van der Waals surface area (Å²) < 4.78 is 0. The largest absolute Gasteiger partial charge is 0.481 e. The van der Waals surface area contributed by atoms with Crippen molar-refractivity contribution in [2.45, 2.75) is 58.4 Å². The van der Waals surface area contributed by atoms with Crippen molar-refractivity contribution in [3.05, 3.63) is 0 Å². The fourth-order valence-corrected chi connectivity index (χ4v) is 3.87. The van der Waals surface area contributed by atoms with Crippen molar-refractivity contribution in [2.75, 3.05) is 19.7 Å². The van der Waals surface area contributed by atoms with Crippen LogP contribution in [0.25, 0.3) is 0 Å². The second kappa shape index (κ2) is 7.51. The maximum atomic E-state index is 12.5. The van der Waals surface area contributed by atoms with Gasteiger partial charge in [0.2, 0.25) is 0 Å². The molecular weight excluding hydrogens is 296 g/mol. The number of carbonyl (C=O) groups excluding carboxylic acids is 1. The van der Waals surface area contributed by atoms with Crippen molar-refractivity contribution < 1.29 is 19.8 Å². The molecule has 3 N–H and O–H groups in total. The number of likely N-dealkylation sites (tertiary alicyclic amines) is 1. The van der Waals surface area contributed by atoms with Crippen LogP contribution < -0.4 is 5.32 Å². The van der Waals surface area contributed by atoms with Crippen molar-refractivity contribution in [1.82, 2.24) is 10.2 Å². The number of aliphatic hydroxyl groups is 1. The molecule has 0 aromatic carbocycles. The average Bonchev–Trinajstić information content (AvgIpc) is 2.55. The highest BCUT2D eigenvalue weighted by Crippen LogP contribution is 2.36. The molecule has 132 valence electrons. The standard InChI is InChI=1S/C17H30N2O4/c1-12(2)17(11-20)8-3-9-19(10-17)16(23)18-14-6-4-13(5-7-14)15(21)22/h12-14,20H,3-11H2,1-2H3,(H,18,23)(H,21,22). The fraction of sp³-hybridized carbons (Fsp3) is 0.882. The van der Waals surface area contributed by atoms with Gasteiger partial charge in [0.05, 0.1) is 12.5 Å². The Balaban J connectivity index is 1.87. The molecule has 1 saturated carbocycles. The van der Waals surface area contributed by atoms with E-state index in [0.29, 0.717) is 25.3 Å². The van der Waals surface area contributed by atoms with Gasteiger partial charge >= 0.3 is 12.0 Å². The number of nitrogens with zero attached hydrogens (tertiary/aromatic N) is 1. The van der Waals surface area contributed by atoms with Gasteiger partial charge in [-0.2, -0.15) is 0 Å². The van der Waals surface area contributed by atoms with Gasteiger partial charge in [0.1, 0.15) is 0 Å². The predicted molar refractivity (Wildman–Crippen MR) is 87.1 cm³/mol. The van der Waals surface area contributed by atoms with E-state index in [1.807, 2.05) is 4.90 Å². The number of urea groups is 1. The van der Waals surface area contributed by atoms with E-state index in [4.69, 9.17) is 5.11 Å². The zero-order valence-corrected chi connectivity index (χ0v) is 14.3. The van der Waals surface area contributed by atoms with Gasteiger partial charge in [-0.25, -0.2) is 4.79 Å². The summed E-state index contributed by atoms with van der Waals surface area (Å²) in [6, 6.07) is 0.00422. The quantitative estimate of drug-likeness (QED) is 0.738. The van der Waals surface area contributed by atoms with Gasteiger partial charge in [-0.1, -0.05) is 13.8 Å². The van der Waals surface area contributed by atoms with Crippen molar-refractivity contribution in [3.8, 4) is 0 Å². The first kappa shape index (κ1) is 18.0. The average molecular weight is 326 g/mol. The van der Waals surface area contributed by atoms with Crippen LogP contribution in [0.1, 0.15) is 52.4 Å². The van der Waals surface area contributed by atoms with E-state index in [0.717, 1.165) is 32.2 Å². The number of piperidine rings is 1. The Bertz CT molecular complexity index is 432. The highest BCUT2D eigenvalue weighted by atomic mass is 16.4. The van der Waals surface area contributed by atoms with Crippen LogP contribution in [-0.2, 0) is 4.79 Å². The minimum Gasteiger partial charge on any atom is -0.481 e. The third-order valence-electron chi connectivity index (χ3n) is 5.84. The van der Waals surface area contributed by atoms with Crippen molar-refractivity contribution in [2.24, 2.45) is 17.3 Å². The molecule has 1 aliphatic heterocycles. The number of hydrogen-bond acceptors (Lipinski definition) is 3. The summed E-state index contributed by atoms with van der Waals surface area (Å²) in [5, 5.41) is 21.9. The highest BCUT2D eigenvalue weighted by molar-refractivity contribution is 5.75. The highest BCUT2D eigenvalue weighted by Gasteiger charge is 2.39. The molecule has 2 aliphatic rings. The van der Waals surface area contributed by atoms with Gasteiger partial charge < -0.3 is 20.4 Å². The first-order valence-electron chi connectivity index (χ1n) is 8.77. The number of nitrogens with one attached hydrogen (secondary N) is 1. The summed E-state index contributed by atoms with van der Waals surface area (Å²) in [7, 11) is 0. The molecular formula is C17H30N2O4. The summed E-state index contributed by atoms with van der Waals surface area (Å²) in [6.07, 6.45) is 4.59. The number of carboxylic acid groups (broad SMARTS) is 1. The summed E-state index contributed by atoms with van der Waals surface area (Å²) in [4.78, 5) is 25.3. The lowest BCUT2D eigenvalue weighted by molar-refractivity contribution is -0.142. The van der Waals surface area contributed by atoms with E-state index in [1.165, 1.54) is 0 Å². The number of rotatable bonds is 4. The van der Waals surface area contributed by atoms with Crippen LogP contribution in [0.2, 0.25) is 0 Å². The van der Waals surface area contributed by atoms with Gasteiger partial charge in [-0.05, 0) is 44.4 Å². The van der Waals surface area contributed by atoms with E-state index >= 15 is 0 Å². The van der Waals surface area contributed by atoms with Crippen LogP contribution in [-0.4, -0.2) is 52.9 Å². The topological polar surface area (TPSA) is 89.9 Å². The van der Waals surface area contributed by atoms with Gasteiger partial charge in [-0.15, -0.1) is 0 Å². The van der Waals surface area contributed by atoms with Crippen LogP contribution in [0.3, 0.4) is 0 Å². The summed E-state index contributed by atoms with van der Waals surface area (Å²) in [6.45, 7) is 5.63. The molecule has 6 heteroatoms. The number of carbonyl (C=O) groups is 2. The zero-order valence-electron chi connectivity index (χ0n) is 14.3. The Morgan fingerprint density at radius 3 is 2.43 bits per heavy atom. The van der Waals surface area contributed by atoms with Crippen LogP contribution in [0.15, 0.2) is 0 Å². The minimum absolute atomic E-state index is 0.0676. The van der Waals surface area contributed by atoms with Crippen LogP contribution in [0.5, 0.6) is 0 Å².